The SMILES string of the molecule is Cc1ccc(CCC2CCN(C(=O)c3ccccc3)CC2)cc1. The Bertz CT molecular complexity index is 625. The number of nitrogens with zero attached hydrogens (tertiary/aromatic N) is 1. The van der Waals surface area contributed by atoms with Crippen LogP contribution >= 0.6 is 0 Å². The third-order valence-electron chi connectivity index (χ3n) is 4.88. The van der Waals surface area contributed by atoms with E-state index in [9.17, 15) is 4.79 Å². The van der Waals surface area contributed by atoms with Gasteiger partial charge < -0.3 is 4.90 Å². The molecule has 23 heavy (non-hydrogen) atoms. The number of carbonyl (C=O) groups is 1. The molecule has 0 N–H and O–H groups in total. The van der Waals surface area contributed by atoms with Crippen molar-refractivity contribution in [3.63, 3.8) is 0 Å². The van der Waals surface area contributed by atoms with Crippen LogP contribution in [0.15, 0.2) is 54.6 Å². The van der Waals surface area contributed by atoms with Crippen molar-refractivity contribution in [2.24, 2.45) is 5.92 Å². The highest BCUT2D eigenvalue weighted by molar-refractivity contribution is 5.94. The smallest absolute Gasteiger partial charge is 0.253 e. The van der Waals surface area contributed by atoms with Crippen molar-refractivity contribution < 1.29 is 4.79 Å². The molecule has 0 spiro atoms. The fourth-order valence-corrected chi connectivity index (χ4v) is 3.31. The van der Waals surface area contributed by atoms with Crippen LogP contribution in [0.25, 0.3) is 0 Å². The van der Waals surface area contributed by atoms with E-state index < -0.39 is 0 Å². The Balaban J connectivity index is 1.47. The van der Waals surface area contributed by atoms with E-state index in [1.54, 1.807) is 0 Å². The third kappa shape index (κ3) is 4.22. The van der Waals surface area contributed by atoms with Crippen LogP contribution in [0, 0.1) is 12.8 Å². The van der Waals surface area contributed by atoms with E-state index >= 15 is 0 Å². The van der Waals surface area contributed by atoms with Crippen molar-refractivity contribution in [1.29, 1.82) is 0 Å². The first-order chi connectivity index (χ1) is 11.2. The molecule has 1 heterocycles. The Kier molecular flexibility index (Phi) is 5.12. The monoisotopic (exact) mass is 307 g/mol. The molecule has 120 valence electrons. The number of amides is 1. The number of hydrogen-bond donors (Lipinski definition) is 0. The van der Waals surface area contributed by atoms with Crippen LogP contribution in [0.1, 0.15) is 40.7 Å². The maximum atomic E-state index is 12.4. The molecule has 1 amide bonds. The fraction of sp³-hybridized carbons (Fsp3) is 0.381. The third-order valence-corrected chi connectivity index (χ3v) is 4.88. The molecule has 1 fully saturated rings. The summed E-state index contributed by atoms with van der Waals surface area (Å²) in [5.74, 6) is 0.929. The van der Waals surface area contributed by atoms with Crippen LogP contribution in [-0.4, -0.2) is 23.9 Å². The number of aryl methyl sites for hydroxylation is 2. The van der Waals surface area contributed by atoms with Crippen LogP contribution in [0.5, 0.6) is 0 Å². The number of hydrogen-bond acceptors (Lipinski definition) is 1. The lowest BCUT2D eigenvalue weighted by molar-refractivity contribution is 0.0687. The van der Waals surface area contributed by atoms with Gasteiger partial charge in [-0.2, -0.15) is 0 Å². The molecule has 0 saturated carbocycles. The summed E-state index contributed by atoms with van der Waals surface area (Å²) in [4.78, 5) is 14.5. The Labute approximate surface area is 139 Å². The predicted octanol–water partition coefficient (Wildman–Crippen LogP) is 4.48. The number of carbonyl (C=O) groups excluding carboxylic acids is 1. The largest absolute Gasteiger partial charge is 0.339 e. The van der Waals surface area contributed by atoms with Gasteiger partial charge in [0.1, 0.15) is 0 Å². The van der Waals surface area contributed by atoms with Crippen LogP contribution in [0.3, 0.4) is 0 Å². The summed E-state index contributed by atoms with van der Waals surface area (Å²) in [5, 5.41) is 0. The zero-order valence-corrected chi connectivity index (χ0v) is 13.9. The van der Waals surface area contributed by atoms with Gasteiger partial charge in [0, 0.05) is 18.7 Å². The first-order valence-corrected chi connectivity index (χ1v) is 8.62. The molecule has 3 rings (SSSR count). The van der Waals surface area contributed by atoms with Gasteiger partial charge in [0.2, 0.25) is 0 Å². The number of likely N-dealkylation sites (tertiary alicyclic amines) is 1. The lowest BCUT2D eigenvalue weighted by atomic mass is 9.90. The maximum Gasteiger partial charge on any atom is 0.253 e. The zero-order valence-electron chi connectivity index (χ0n) is 13.9. The predicted molar refractivity (Wildman–Crippen MR) is 94.6 cm³/mol. The van der Waals surface area contributed by atoms with Gasteiger partial charge in [-0.3, -0.25) is 4.79 Å². The molecule has 0 bridgehead atoms. The van der Waals surface area contributed by atoms with Crippen molar-refractivity contribution in [1.82, 2.24) is 4.90 Å². The van der Waals surface area contributed by atoms with Crippen molar-refractivity contribution in [3.8, 4) is 0 Å². The lowest BCUT2D eigenvalue weighted by Gasteiger charge is -2.32. The van der Waals surface area contributed by atoms with Gasteiger partial charge in [-0.25, -0.2) is 0 Å². The quantitative estimate of drug-likeness (QED) is 0.815. The first kappa shape index (κ1) is 15.8. The highest BCUT2D eigenvalue weighted by Gasteiger charge is 2.23. The molecule has 0 aliphatic carbocycles. The molecule has 1 saturated heterocycles. The van der Waals surface area contributed by atoms with Crippen molar-refractivity contribution >= 4 is 5.91 Å². The second kappa shape index (κ2) is 7.45. The summed E-state index contributed by atoms with van der Waals surface area (Å²) < 4.78 is 0. The summed E-state index contributed by atoms with van der Waals surface area (Å²) in [5.41, 5.74) is 3.56. The normalized spacial score (nSPS) is 15.6. The van der Waals surface area contributed by atoms with Crippen molar-refractivity contribution in [3.05, 3.63) is 71.3 Å². The van der Waals surface area contributed by atoms with Crippen LogP contribution in [0.4, 0.5) is 0 Å². The summed E-state index contributed by atoms with van der Waals surface area (Å²) >= 11 is 0. The van der Waals surface area contributed by atoms with Gasteiger partial charge in [-0.1, -0.05) is 48.0 Å². The van der Waals surface area contributed by atoms with Crippen molar-refractivity contribution in [2.45, 2.75) is 32.6 Å². The molecule has 0 aromatic heterocycles. The average Bonchev–Trinajstić information content (AvgIpc) is 2.62. The first-order valence-electron chi connectivity index (χ1n) is 8.62. The zero-order chi connectivity index (χ0) is 16.1. The molecule has 2 aromatic rings. The molecule has 0 radical (unpaired) electrons. The lowest BCUT2D eigenvalue weighted by Crippen LogP contribution is -2.38. The minimum atomic E-state index is 0.183. The van der Waals surface area contributed by atoms with E-state index in [0.717, 1.165) is 43.8 Å². The van der Waals surface area contributed by atoms with Crippen LogP contribution < -0.4 is 0 Å². The molecular formula is C21H25NO. The number of rotatable bonds is 4. The molecule has 0 atom stereocenters. The van der Waals surface area contributed by atoms with Crippen molar-refractivity contribution in [2.75, 3.05) is 13.1 Å². The molecule has 2 heteroatoms. The fourth-order valence-electron chi connectivity index (χ4n) is 3.31. The Hall–Kier alpha value is -2.09. The minimum Gasteiger partial charge on any atom is -0.339 e. The molecule has 2 aromatic carbocycles. The van der Waals surface area contributed by atoms with Crippen LogP contribution in [0.2, 0.25) is 0 Å². The second-order valence-corrected chi connectivity index (χ2v) is 6.63. The van der Waals surface area contributed by atoms with E-state index in [0.29, 0.717) is 0 Å². The number of benzene rings is 2. The molecular weight excluding hydrogens is 282 g/mol. The second-order valence-electron chi connectivity index (χ2n) is 6.63. The summed E-state index contributed by atoms with van der Waals surface area (Å²) in [6.07, 6.45) is 4.64. The van der Waals surface area contributed by atoms with E-state index in [4.69, 9.17) is 0 Å². The van der Waals surface area contributed by atoms with Crippen LogP contribution in [-0.2, 0) is 6.42 Å². The average molecular weight is 307 g/mol. The Morgan fingerprint density at radius 2 is 1.65 bits per heavy atom. The van der Waals surface area contributed by atoms with E-state index in [-0.39, 0.29) is 5.91 Å². The van der Waals surface area contributed by atoms with E-state index in [1.807, 2.05) is 35.2 Å². The molecule has 2 nitrogen and oxygen atoms in total. The highest BCUT2D eigenvalue weighted by atomic mass is 16.2. The maximum absolute atomic E-state index is 12.4. The standard InChI is InChI=1S/C21H25NO/c1-17-7-9-18(10-8-17)11-12-19-13-15-22(16-14-19)21(23)20-5-3-2-4-6-20/h2-10,19H,11-16H2,1H3. The summed E-state index contributed by atoms with van der Waals surface area (Å²) in [6, 6.07) is 18.5. The minimum absolute atomic E-state index is 0.183. The topological polar surface area (TPSA) is 20.3 Å². The molecule has 1 aliphatic rings. The van der Waals surface area contributed by atoms with Gasteiger partial charge in [0.15, 0.2) is 0 Å². The summed E-state index contributed by atoms with van der Waals surface area (Å²) in [6.45, 7) is 3.92. The van der Waals surface area contributed by atoms with Gasteiger partial charge in [-0.05, 0) is 56.2 Å². The number of piperidine rings is 1. The molecule has 1 aliphatic heterocycles. The van der Waals surface area contributed by atoms with Gasteiger partial charge in [0.25, 0.3) is 5.91 Å². The van der Waals surface area contributed by atoms with E-state index in [1.165, 1.54) is 17.5 Å². The molecule has 0 unspecified atom stereocenters. The highest BCUT2D eigenvalue weighted by Crippen LogP contribution is 2.23. The Morgan fingerprint density at radius 1 is 1.00 bits per heavy atom. The van der Waals surface area contributed by atoms with Gasteiger partial charge in [-0.15, -0.1) is 0 Å². The summed E-state index contributed by atoms with van der Waals surface area (Å²) in [7, 11) is 0. The van der Waals surface area contributed by atoms with Gasteiger partial charge >= 0.3 is 0 Å². The van der Waals surface area contributed by atoms with Gasteiger partial charge in [0.05, 0.1) is 0 Å². The Morgan fingerprint density at radius 3 is 2.30 bits per heavy atom. The van der Waals surface area contributed by atoms with E-state index in [2.05, 4.69) is 31.2 Å².